The maximum absolute atomic E-state index is 14.3. The number of ether oxygens (including phenoxy) is 2. The lowest BCUT2D eigenvalue weighted by atomic mass is 9.84. The van der Waals surface area contributed by atoms with Crippen LogP contribution in [0.25, 0.3) is 11.1 Å². The topological polar surface area (TPSA) is 92.2 Å². The third-order valence-electron chi connectivity index (χ3n) is 7.75. The van der Waals surface area contributed by atoms with E-state index in [9.17, 15) is 4.79 Å². The van der Waals surface area contributed by atoms with E-state index in [0.29, 0.717) is 24.7 Å². The molecule has 1 aliphatic carbocycles. The molecule has 0 bridgehead atoms. The first-order valence-corrected chi connectivity index (χ1v) is 14.2. The molecule has 1 amide bonds. The molecule has 0 aromatic heterocycles. The number of aliphatic hydroxyl groups excluding tert-OH is 1. The maximum atomic E-state index is 14.3. The third kappa shape index (κ3) is 5.09. The summed E-state index contributed by atoms with van der Waals surface area (Å²) in [7, 11) is 0. The summed E-state index contributed by atoms with van der Waals surface area (Å²) in [5.74, 6) is 0.748. The number of aliphatic hydroxyl groups is 1. The molecule has 0 fully saturated rings. The first-order valence-electron chi connectivity index (χ1n) is 14.2. The second kappa shape index (κ2) is 12.0. The summed E-state index contributed by atoms with van der Waals surface area (Å²) in [4.78, 5) is 19.2. The van der Waals surface area contributed by atoms with E-state index in [1.165, 1.54) is 0 Å². The van der Waals surface area contributed by atoms with Crippen molar-refractivity contribution in [3.05, 3.63) is 138 Å². The molecule has 0 spiro atoms. The fourth-order valence-corrected chi connectivity index (χ4v) is 5.72. The highest BCUT2D eigenvalue weighted by atomic mass is 16.5. The van der Waals surface area contributed by atoms with E-state index < -0.39 is 11.6 Å². The van der Waals surface area contributed by atoms with Gasteiger partial charge in [-0.25, -0.2) is 10.4 Å². The van der Waals surface area contributed by atoms with Gasteiger partial charge < -0.3 is 14.6 Å². The Kier molecular flexibility index (Phi) is 7.86. The molecule has 2 atom stereocenters. The molecule has 0 radical (unpaired) electrons. The number of hydrogen-bond acceptors (Lipinski definition) is 6. The number of nitrogens with one attached hydrogen (secondary N) is 2. The third-order valence-corrected chi connectivity index (χ3v) is 7.75. The van der Waals surface area contributed by atoms with Crippen LogP contribution in [-0.4, -0.2) is 35.7 Å². The van der Waals surface area contributed by atoms with Gasteiger partial charge in [0.1, 0.15) is 5.75 Å². The summed E-state index contributed by atoms with van der Waals surface area (Å²) in [6, 6.07) is 33.3. The Bertz CT molecular complexity index is 1560. The van der Waals surface area contributed by atoms with Crippen molar-refractivity contribution in [3.63, 3.8) is 0 Å². The highest BCUT2D eigenvalue weighted by Gasteiger charge is 2.52. The molecular weight excluding hydrogens is 526 g/mol. The molecule has 212 valence electrons. The average molecular weight is 560 g/mol. The van der Waals surface area contributed by atoms with E-state index in [0.717, 1.165) is 33.4 Å². The van der Waals surface area contributed by atoms with Gasteiger partial charge in [-0.3, -0.25) is 10.2 Å². The van der Waals surface area contributed by atoms with Gasteiger partial charge in [-0.15, -0.1) is 6.58 Å². The predicted octanol–water partition coefficient (Wildman–Crippen LogP) is 5.67. The number of amides is 1. The number of aliphatic imine (C=N–C) groups is 1. The fourth-order valence-electron chi connectivity index (χ4n) is 5.72. The molecule has 0 saturated carbocycles. The minimum absolute atomic E-state index is 0.0751. The van der Waals surface area contributed by atoms with Crippen molar-refractivity contribution >= 4 is 11.8 Å². The number of benzene rings is 4. The summed E-state index contributed by atoms with van der Waals surface area (Å²) in [5, 5.41) is 9.02. The molecule has 1 aliphatic heterocycles. The monoisotopic (exact) mass is 559 g/mol. The van der Waals surface area contributed by atoms with E-state index in [2.05, 4.69) is 41.7 Å². The Morgan fingerprint density at radius 3 is 2.21 bits per heavy atom. The predicted molar refractivity (Wildman–Crippen MR) is 163 cm³/mol. The van der Waals surface area contributed by atoms with Gasteiger partial charge in [0.05, 0.1) is 12.6 Å². The lowest BCUT2D eigenvalue weighted by Crippen LogP contribution is -2.53. The fraction of sp³-hybridized carbons (Fsp3) is 0.200. The van der Waals surface area contributed by atoms with E-state index in [-0.39, 0.29) is 25.0 Å². The summed E-state index contributed by atoms with van der Waals surface area (Å²) in [6.45, 7) is 4.46. The molecule has 7 nitrogen and oxygen atoms in total. The average Bonchev–Trinajstić information content (AvgIpc) is 3.58. The molecule has 6 rings (SSSR count). The summed E-state index contributed by atoms with van der Waals surface area (Å²) in [5.41, 5.74) is 11.1. The summed E-state index contributed by atoms with van der Waals surface area (Å²) < 4.78 is 12.2. The molecule has 42 heavy (non-hydrogen) atoms. The smallest absolute Gasteiger partial charge is 0.266 e. The Morgan fingerprint density at radius 2 is 1.57 bits per heavy atom. The summed E-state index contributed by atoms with van der Waals surface area (Å²) >= 11 is 0. The van der Waals surface area contributed by atoms with E-state index in [1.807, 2.05) is 78.9 Å². The van der Waals surface area contributed by atoms with Crippen molar-refractivity contribution in [3.8, 4) is 16.9 Å². The molecule has 4 aromatic carbocycles. The number of hydrazine groups is 1. The number of carbonyl (C=O) groups is 1. The maximum Gasteiger partial charge on any atom is 0.266 e. The second-order valence-corrected chi connectivity index (χ2v) is 10.4. The van der Waals surface area contributed by atoms with Gasteiger partial charge in [0.25, 0.3) is 5.91 Å². The van der Waals surface area contributed by atoms with Crippen LogP contribution in [0.4, 0.5) is 0 Å². The molecule has 0 unspecified atom stereocenters. The van der Waals surface area contributed by atoms with Crippen molar-refractivity contribution < 1.29 is 19.4 Å². The molecular formula is C35H33N3O4. The number of hydrogen-bond donors (Lipinski definition) is 3. The zero-order valence-electron chi connectivity index (χ0n) is 23.2. The Labute approximate surface area is 245 Å². The van der Waals surface area contributed by atoms with Crippen LogP contribution in [0.2, 0.25) is 0 Å². The molecule has 1 heterocycles. The Balaban J connectivity index is 1.31. The van der Waals surface area contributed by atoms with Gasteiger partial charge in [0.15, 0.2) is 11.6 Å². The van der Waals surface area contributed by atoms with Crippen molar-refractivity contribution in [1.82, 2.24) is 10.9 Å². The van der Waals surface area contributed by atoms with Crippen molar-refractivity contribution in [2.75, 3.05) is 13.2 Å². The van der Waals surface area contributed by atoms with Crippen molar-refractivity contribution in [2.45, 2.75) is 30.5 Å². The second-order valence-electron chi connectivity index (χ2n) is 10.4. The number of rotatable bonds is 11. The van der Waals surface area contributed by atoms with Gasteiger partial charge in [-0.05, 0) is 52.1 Å². The van der Waals surface area contributed by atoms with Crippen molar-refractivity contribution in [2.24, 2.45) is 4.99 Å². The van der Waals surface area contributed by atoms with Crippen LogP contribution in [0.3, 0.4) is 0 Å². The molecule has 4 aromatic rings. The minimum Gasteiger partial charge on any atom is -0.494 e. The number of nitrogens with zero attached hydrogens (tertiary/aromatic N) is 1. The zero-order chi connectivity index (χ0) is 28.9. The quantitative estimate of drug-likeness (QED) is 0.125. The standard InChI is InChI=1S/C35H33N3O4/c1-2-21-35(34(40)38-37-31-29-15-8-6-13-27(29)28-14-7-9-16-30(28)31)32(24-11-4-3-5-12-24)42-33(36-35)25-17-19-26(20-18-25)41-23-10-22-39/h2-9,11-20,31-32,37,39H,1,10,21-23H2,(H,38,40)/t32-,35-/m0/s1. The SMILES string of the molecule is C=CC[C@]1(C(=O)NNC2c3ccccc3-c3ccccc32)N=C(c2ccc(OCCCO)cc2)O[C@H]1c1ccccc1. The van der Waals surface area contributed by atoms with Crippen LogP contribution in [0.1, 0.15) is 47.2 Å². The van der Waals surface area contributed by atoms with Gasteiger partial charge in [-0.1, -0.05) is 84.9 Å². The summed E-state index contributed by atoms with van der Waals surface area (Å²) in [6.07, 6.45) is 1.87. The van der Waals surface area contributed by atoms with Gasteiger partial charge >= 0.3 is 0 Å². The molecule has 2 aliphatic rings. The van der Waals surface area contributed by atoms with Crippen LogP contribution in [0, 0.1) is 0 Å². The highest BCUT2D eigenvalue weighted by Crippen LogP contribution is 2.44. The van der Waals surface area contributed by atoms with E-state index in [1.54, 1.807) is 6.08 Å². The zero-order valence-corrected chi connectivity index (χ0v) is 23.2. The number of fused-ring (bicyclic) bond motifs is 3. The Hall–Kier alpha value is -4.72. The van der Waals surface area contributed by atoms with E-state index >= 15 is 0 Å². The highest BCUT2D eigenvalue weighted by molar-refractivity contribution is 6.01. The van der Waals surface area contributed by atoms with Crippen LogP contribution >= 0.6 is 0 Å². The molecule has 7 heteroatoms. The van der Waals surface area contributed by atoms with Crippen LogP contribution in [0.15, 0.2) is 121 Å². The van der Waals surface area contributed by atoms with Crippen LogP contribution < -0.4 is 15.6 Å². The van der Waals surface area contributed by atoms with Crippen molar-refractivity contribution in [1.29, 1.82) is 0 Å². The lowest BCUT2D eigenvalue weighted by molar-refractivity contribution is -0.130. The number of carbonyl (C=O) groups excluding carboxylic acids is 1. The largest absolute Gasteiger partial charge is 0.494 e. The first-order chi connectivity index (χ1) is 20.6. The van der Waals surface area contributed by atoms with Crippen LogP contribution in [-0.2, 0) is 9.53 Å². The first kappa shape index (κ1) is 27.4. The van der Waals surface area contributed by atoms with Gasteiger partial charge in [0.2, 0.25) is 5.90 Å². The molecule has 3 N–H and O–H groups in total. The van der Waals surface area contributed by atoms with Crippen LogP contribution in [0.5, 0.6) is 5.75 Å². The van der Waals surface area contributed by atoms with Gasteiger partial charge in [-0.2, -0.15) is 0 Å². The minimum atomic E-state index is -1.29. The Morgan fingerprint density at radius 1 is 0.929 bits per heavy atom. The van der Waals surface area contributed by atoms with Gasteiger partial charge in [0, 0.05) is 25.0 Å². The lowest BCUT2D eigenvalue weighted by Gasteiger charge is -2.30. The van der Waals surface area contributed by atoms with E-state index in [4.69, 9.17) is 19.6 Å². The molecule has 0 saturated heterocycles. The normalized spacial score (nSPS) is 18.9.